The van der Waals surface area contributed by atoms with Gasteiger partial charge < -0.3 is 20.1 Å². The van der Waals surface area contributed by atoms with Gasteiger partial charge in [-0.2, -0.15) is 0 Å². The van der Waals surface area contributed by atoms with Crippen LogP contribution in [0.25, 0.3) is 0 Å². The molecule has 8 heteroatoms. The Kier molecular flexibility index (Phi) is 4.03. The molecule has 0 radical (unpaired) electrons. The number of aromatic amines is 1. The first-order chi connectivity index (χ1) is 8.38. The molecule has 0 aromatic carbocycles. The van der Waals surface area contributed by atoms with E-state index in [0.29, 0.717) is 0 Å². The number of carbonyl (C=O) groups excluding carboxylic acids is 1. The first kappa shape index (κ1) is 13.7. The van der Waals surface area contributed by atoms with Gasteiger partial charge in [-0.25, -0.2) is 9.78 Å². The van der Waals surface area contributed by atoms with E-state index in [1.807, 2.05) is 0 Å². The highest BCUT2D eigenvalue weighted by Crippen LogP contribution is 2.13. The zero-order valence-electron chi connectivity index (χ0n) is 9.91. The number of amides is 1. The number of rotatable bonds is 5. The Labute approximate surface area is 102 Å². The zero-order valence-corrected chi connectivity index (χ0v) is 9.91. The minimum atomic E-state index is -1.12. The lowest BCUT2D eigenvalue weighted by Gasteiger charge is -2.22. The van der Waals surface area contributed by atoms with Gasteiger partial charge in [-0.15, -0.1) is 0 Å². The Balaban J connectivity index is 2.91. The van der Waals surface area contributed by atoms with E-state index in [9.17, 15) is 19.7 Å². The molecule has 1 heterocycles. The van der Waals surface area contributed by atoms with Crippen LogP contribution in [-0.2, 0) is 4.79 Å². The monoisotopic (exact) mass is 255 g/mol. The maximum absolute atomic E-state index is 11.9. The lowest BCUT2D eigenvalue weighted by molar-refractivity contribution is -0.389. The molecule has 0 aliphatic rings. The number of nitro groups is 1. The molecule has 1 unspecified atom stereocenters. The second-order valence-corrected chi connectivity index (χ2v) is 3.69. The molecular weight excluding hydrogens is 242 g/mol. The van der Waals surface area contributed by atoms with E-state index >= 15 is 0 Å². The summed E-state index contributed by atoms with van der Waals surface area (Å²) < 4.78 is 0. The third-order valence-corrected chi connectivity index (χ3v) is 2.56. The van der Waals surface area contributed by atoms with Crippen molar-refractivity contribution >= 4 is 17.7 Å². The highest BCUT2D eigenvalue weighted by molar-refractivity contribution is 5.95. The van der Waals surface area contributed by atoms with Crippen LogP contribution >= 0.6 is 0 Å². The van der Waals surface area contributed by atoms with Gasteiger partial charge in [0.05, 0.1) is 0 Å². The van der Waals surface area contributed by atoms with Gasteiger partial charge in [0.15, 0.2) is 5.69 Å². The van der Waals surface area contributed by atoms with Crippen molar-refractivity contribution in [2.45, 2.75) is 19.4 Å². The summed E-state index contributed by atoms with van der Waals surface area (Å²) in [6.45, 7) is 1.64. The van der Waals surface area contributed by atoms with Gasteiger partial charge in [-0.05, 0) is 17.4 Å². The van der Waals surface area contributed by atoms with Gasteiger partial charge in [0.25, 0.3) is 5.91 Å². The first-order valence-corrected chi connectivity index (χ1v) is 5.21. The van der Waals surface area contributed by atoms with E-state index in [0.717, 1.165) is 11.0 Å². The maximum atomic E-state index is 11.9. The van der Waals surface area contributed by atoms with Crippen LogP contribution in [0.5, 0.6) is 0 Å². The molecule has 0 saturated heterocycles. The molecule has 0 aliphatic heterocycles. The van der Waals surface area contributed by atoms with Gasteiger partial charge in [0.2, 0.25) is 0 Å². The van der Waals surface area contributed by atoms with Crippen molar-refractivity contribution in [2.24, 2.45) is 0 Å². The zero-order chi connectivity index (χ0) is 13.9. The lowest BCUT2D eigenvalue weighted by Crippen LogP contribution is -2.42. The van der Waals surface area contributed by atoms with Crippen molar-refractivity contribution in [3.05, 3.63) is 27.9 Å². The largest absolute Gasteiger partial charge is 0.480 e. The molecule has 98 valence electrons. The standard InChI is InChI=1S/C10H13N3O5/c1-3-7(10(15)16)12(2)9(14)6-4-5-8(11-6)13(17)18/h4-5,7,11H,3H2,1-2H3,(H,15,16). The van der Waals surface area contributed by atoms with Crippen LogP contribution in [0.4, 0.5) is 5.82 Å². The molecule has 1 aromatic rings. The van der Waals surface area contributed by atoms with E-state index < -0.39 is 22.8 Å². The molecule has 1 aromatic heterocycles. The number of carboxylic acids is 1. The maximum Gasteiger partial charge on any atom is 0.326 e. The van der Waals surface area contributed by atoms with E-state index in [1.54, 1.807) is 6.92 Å². The molecule has 0 bridgehead atoms. The number of hydrogen-bond donors (Lipinski definition) is 2. The smallest absolute Gasteiger partial charge is 0.326 e. The SMILES string of the molecule is CCC(C(=O)O)N(C)C(=O)c1ccc([N+](=O)[O-])[nH]1. The minimum absolute atomic E-state index is 0.0103. The molecule has 0 aliphatic carbocycles. The van der Waals surface area contributed by atoms with Gasteiger partial charge in [0, 0.05) is 13.1 Å². The van der Waals surface area contributed by atoms with Crippen molar-refractivity contribution < 1.29 is 19.6 Å². The Morgan fingerprint density at radius 2 is 2.17 bits per heavy atom. The molecule has 18 heavy (non-hydrogen) atoms. The third kappa shape index (κ3) is 2.65. The highest BCUT2D eigenvalue weighted by atomic mass is 16.6. The summed E-state index contributed by atoms with van der Waals surface area (Å²) in [5.74, 6) is -2.03. The number of aromatic nitrogens is 1. The lowest BCUT2D eigenvalue weighted by atomic mass is 10.2. The summed E-state index contributed by atoms with van der Waals surface area (Å²) in [6.07, 6.45) is 0.250. The summed E-state index contributed by atoms with van der Waals surface area (Å²) in [6, 6.07) is 1.45. The van der Waals surface area contributed by atoms with Crippen LogP contribution in [0.3, 0.4) is 0 Å². The van der Waals surface area contributed by atoms with Crippen LogP contribution in [0.15, 0.2) is 12.1 Å². The number of likely N-dealkylation sites (N-methyl/N-ethyl adjacent to an activating group) is 1. The summed E-state index contributed by atoms with van der Waals surface area (Å²) in [5.41, 5.74) is -0.0103. The third-order valence-electron chi connectivity index (χ3n) is 2.56. The Morgan fingerprint density at radius 1 is 1.56 bits per heavy atom. The van der Waals surface area contributed by atoms with Crippen molar-refractivity contribution in [3.63, 3.8) is 0 Å². The van der Waals surface area contributed by atoms with E-state index in [-0.39, 0.29) is 17.9 Å². The van der Waals surface area contributed by atoms with E-state index in [4.69, 9.17) is 5.11 Å². The Hall–Kier alpha value is -2.38. The minimum Gasteiger partial charge on any atom is -0.480 e. The number of carboxylic acid groups (broad SMARTS) is 1. The number of H-pyrrole nitrogens is 1. The molecule has 0 saturated carbocycles. The van der Waals surface area contributed by atoms with Crippen molar-refractivity contribution in [2.75, 3.05) is 7.05 Å². The number of aliphatic carboxylic acids is 1. The molecule has 0 fully saturated rings. The van der Waals surface area contributed by atoms with Gasteiger partial charge in [-0.3, -0.25) is 4.79 Å². The number of carbonyl (C=O) groups is 2. The fourth-order valence-corrected chi connectivity index (χ4v) is 1.56. The topological polar surface area (TPSA) is 117 Å². The first-order valence-electron chi connectivity index (χ1n) is 5.21. The van der Waals surface area contributed by atoms with Crippen LogP contribution < -0.4 is 0 Å². The average Bonchev–Trinajstić information content (AvgIpc) is 2.77. The van der Waals surface area contributed by atoms with Crippen molar-refractivity contribution in [1.82, 2.24) is 9.88 Å². The summed E-state index contributed by atoms with van der Waals surface area (Å²) >= 11 is 0. The van der Waals surface area contributed by atoms with Gasteiger partial charge >= 0.3 is 11.8 Å². The van der Waals surface area contributed by atoms with Crippen molar-refractivity contribution in [3.8, 4) is 0 Å². The molecule has 1 atom stereocenters. The number of nitrogens with zero attached hydrogens (tertiary/aromatic N) is 2. The van der Waals surface area contributed by atoms with Crippen LogP contribution in [0, 0.1) is 10.1 Å². The molecule has 1 amide bonds. The summed E-state index contributed by atoms with van der Waals surface area (Å²) in [5, 5.41) is 19.4. The van der Waals surface area contributed by atoms with Gasteiger partial charge in [0.1, 0.15) is 6.04 Å². The fourth-order valence-electron chi connectivity index (χ4n) is 1.56. The second kappa shape index (κ2) is 5.30. The van der Waals surface area contributed by atoms with Crippen LogP contribution in [0.2, 0.25) is 0 Å². The summed E-state index contributed by atoms with van der Waals surface area (Å²) in [4.78, 5) is 36.0. The second-order valence-electron chi connectivity index (χ2n) is 3.69. The van der Waals surface area contributed by atoms with Crippen LogP contribution in [0.1, 0.15) is 23.8 Å². The Morgan fingerprint density at radius 3 is 2.56 bits per heavy atom. The highest BCUT2D eigenvalue weighted by Gasteiger charge is 2.28. The predicted octanol–water partition coefficient (Wildman–Crippen LogP) is 0.858. The fraction of sp³-hybridized carbons (Fsp3) is 0.400. The molecule has 1 rings (SSSR count). The molecule has 0 spiro atoms. The number of hydrogen-bond acceptors (Lipinski definition) is 4. The quantitative estimate of drug-likeness (QED) is 0.597. The average molecular weight is 255 g/mol. The van der Waals surface area contributed by atoms with E-state index in [1.165, 1.54) is 13.1 Å². The summed E-state index contributed by atoms with van der Waals surface area (Å²) in [7, 11) is 1.34. The van der Waals surface area contributed by atoms with E-state index in [2.05, 4.69) is 4.98 Å². The molecular formula is C10H13N3O5. The van der Waals surface area contributed by atoms with Crippen LogP contribution in [-0.4, -0.2) is 44.9 Å². The molecule has 8 nitrogen and oxygen atoms in total. The number of nitrogens with one attached hydrogen (secondary N) is 1. The van der Waals surface area contributed by atoms with Gasteiger partial charge in [-0.1, -0.05) is 6.92 Å². The Bertz CT molecular complexity index is 482. The predicted molar refractivity (Wildman–Crippen MR) is 61.3 cm³/mol. The normalized spacial score (nSPS) is 11.9. The van der Waals surface area contributed by atoms with Crippen molar-refractivity contribution in [1.29, 1.82) is 0 Å². The molecule has 2 N–H and O–H groups in total.